The van der Waals surface area contributed by atoms with Gasteiger partial charge in [-0.05, 0) is 35.7 Å². The van der Waals surface area contributed by atoms with Gasteiger partial charge in [0.1, 0.15) is 17.4 Å². The lowest BCUT2D eigenvalue weighted by molar-refractivity contribution is 0.363. The maximum atomic E-state index is 5.50. The summed E-state index contributed by atoms with van der Waals surface area (Å²) in [5.41, 5.74) is 1.03. The summed E-state index contributed by atoms with van der Waals surface area (Å²) in [6.07, 6.45) is 1.73. The van der Waals surface area contributed by atoms with Crippen LogP contribution >= 0.6 is 22.7 Å². The van der Waals surface area contributed by atoms with E-state index in [-0.39, 0.29) is 0 Å². The second kappa shape index (κ2) is 5.94. The smallest absolute Gasteiger partial charge is 0.235 e. The highest BCUT2D eigenvalue weighted by molar-refractivity contribution is 7.19. The molecule has 0 N–H and O–H groups in total. The van der Waals surface area contributed by atoms with Crippen LogP contribution in [0.15, 0.2) is 54.4 Å². The SMILES string of the molecule is C=CCOc1ccc(-c2nn3c(-c4cccs4)nnc3s2)cc1. The highest BCUT2D eigenvalue weighted by Crippen LogP contribution is 2.30. The molecule has 0 saturated heterocycles. The largest absolute Gasteiger partial charge is 0.490 e. The lowest BCUT2D eigenvalue weighted by Crippen LogP contribution is -1.92. The number of hydrogen-bond donors (Lipinski definition) is 0. The Bertz CT molecular complexity index is 938. The van der Waals surface area contributed by atoms with Crippen molar-refractivity contribution in [1.29, 1.82) is 0 Å². The zero-order valence-electron chi connectivity index (χ0n) is 12.0. The summed E-state index contributed by atoms with van der Waals surface area (Å²) in [6.45, 7) is 4.14. The Kier molecular flexibility index (Phi) is 3.64. The molecule has 0 fully saturated rings. The van der Waals surface area contributed by atoms with E-state index in [1.807, 2.05) is 41.8 Å². The maximum Gasteiger partial charge on any atom is 0.235 e. The number of benzene rings is 1. The average Bonchev–Trinajstić information content (AvgIpc) is 3.29. The number of fused-ring (bicyclic) bond motifs is 1. The first kappa shape index (κ1) is 14.1. The molecule has 4 rings (SSSR count). The normalized spacial score (nSPS) is 11.0. The van der Waals surface area contributed by atoms with E-state index < -0.39 is 0 Å². The molecule has 3 aromatic heterocycles. The van der Waals surface area contributed by atoms with E-state index in [0.717, 1.165) is 32.0 Å². The van der Waals surface area contributed by atoms with Gasteiger partial charge in [-0.2, -0.15) is 9.61 Å². The molecule has 0 radical (unpaired) electrons. The van der Waals surface area contributed by atoms with Crippen molar-refractivity contribution in [3.63, 3.8) is 0 Å². The van der Waals surface area contributed by atoms with Gasteiger partial charge in [0.05, 0.1) is 4.88 Å². The molecule has 7 heteroatoms. The molecular weight excluding hydrogens is 328 g/mol. The number of aromatic nitrogens is 4. The fourth-order valence-electron chi connectivity index (χ4n) is 2.14. The van der Waals surface area contributed by atoms with Gasteiger partial charge in [-0.1, -0.05) is 30.1 Å². The quantitative estimate of drug-likeness (QED) is 0.512. The molecule has 0 bridgehead atoms. The summed E-state index contributed by atoms with van der Waals surface area (Å²) in [6, 6.07) is 11.9. The van der Waals surface area contributed by atoms with Crippen molar-refractivity contribution in [2.45, 2.75) is 0 Å². The molecule has 5 nitrogen and oxygen atoms in total. The van der Waals surface area contributed by atoms with Gasteiger partial charge in [0.25, 0.3) is 0 Å². The zero-order valence-corrected chi connectivity index (χ0v) is 13.7. The van der Waals surface area contributed by atoms with Crippen LogP contribution in [0.2, 0.25) is 0 Å². The van der Waals surface area contributed by atoms with Gasteiger partial charge >= 0.3 is 0 Å². The molecule has 0 aliphatic heterocycles. The van der Waals surface area contributed by atoms with E-state index in [9.17, 15) is 0 Å². The van der Waals surface area contributed by atoms with Crippen LogP contribution in [0.3, 0.4) is 0 Å². The third-order valence-corrected chi connectivity index (χ3v) is 5.02. The second-order valence-corrected chi connectivity index (χ2v) is 6.63. The fourth-order valence-corrected chi connectivity index (χ4v) is 3.68. The molecular formula is C16H12N4OS2. The second-order valence-electron chi connectivity index (χ2n) is 4.73. The molecule has 0 spiro atoms. The van der Waals surface area contributed by atoms with E-state index in [0.29, 0.717) is 6.61 Å². The average molecular weight is 340 g/mol. The monoisotopic (exact) mass is 340 g/mol. The molecule has 0 unspecified atom stereocenters. The summed E-state index contributed by atoms with van der Waals surface area (Å²) >= 11 is 3.14. The van der Waals surface area contributed by atoms with Crippen LogP contribution in [0.4, 0.5) is 0 Å². The molecule has 0 atom stereocenters. The lowest BCUT2D eigenvalue weighted by Gasteiger charge is -2.03. The Morgan fingerprint density at radius 3 is 2.78 bits per heavy atom. The molecule has 0 aliphatic carbocycles. The number of ether oxygens (including phenoxy) is 1. The van der Waals surface area contributed by atoms with Crippen LogP contribution in [-0.4, -0.2) is 26.4 Å². The molecule has 0 saturated carbocycles. The van der Waals surface area contributed by atoms with Gasteiger partial charge in [0.2, 0.25) is 4.96 Å². The van der Waals surface area contributed by atoms with E-state index in [1.165, 1.54) is 11.3 Å². The number of nitrogens with zero attached hydrogens (tertiary/aromatic N) is 4. The van der Waals surface area contributed by atoms with E-state index in [4.69, 9.17) is 4.74 Å². The van der Waals surface area contributed by atoms with E-state index in [2.05, 4.69) is 21.9 Å². The van der Waals surface area contributed by atoms with E-state index in [1.54, 1.807) is 21.9 Å². The highest BCUT2D eigenvalue weighted by Gasteiger charge is 2.14. The van der Waals surface area contributed by atoms with E-state index >= 15 is 0 Å². The lowest BCUT2D eigenvalue weighted by atomic mass is 10.2. The Balaban J connectivity index is 1.68. The predicted molar refractivity (Wildman–Crippen MR) is 93.1 cm³/mol. The third kappa shape index (κ3) is 2.64. The minimum atomic E-state index is 0.500. The molecule has 1 aromatic carbocycles. The Labute approximate surface area is 140 Å². The van der Waals surface area contributed by atoms with Gasteiger partial charge in [-0.25, -0.2) is 0 Å². The summed E-state index contributed by atoms with van der Waals surface area (Å²) in [4.78, 5) is 1.85. The molecule has 3 heterocycles. The van der Waals surface area contributed by atoms with Crippen molar-refractivity contribution in [2.24, 2.45) is 0 Å². The van der Waals surface area contributed by atoms with Crippen LogP contribution < -0.4 is 4.74 Å². The topological polar surface area (TPSA) is 52.3 Å². The Hall–Kier alpha value is -2.51. The maximum absolute atomic E-state index is 5.50. The summed E-state index contributed by atoms with van der Waals surface area (Å²) < 4.78 is 7.30. The predicted octanol–water partition coefficient (Wildman–Crippen LogP) is 4.15. The third-order valence-electron chi connectivity index (χ3n) is 3.20. The minimum absolute atomic E-state index is 0.500. The van der Waals surface area contributed by atoms with Crippen LogP contribution in [0.25, 0.3) is 26.2 Å². The van der Waals surface area contributed by atoms with Gasteiger partial charge < -0.3 is 4.74 Å². The molecule has 23 heavy (non-hydrogen) atoms. The van der Waals surface area contributed by atoms with Crippen LogP contribution in [0.1, 0.15) is 0 Å². The van der Waals surface area contributed by atoms with Gasteiger partial charge in [0.15, 0.2) is 5.82 Å². The number of rotatable bonds is 5. The fraction of sp³-hybridized carbons (Fsp3) is 0.0625. The summed E-state index contributed by atoms with van der Waals surface area (Å²) in [5, 5.41) is 16.0. The molecule has 0 amide bonds. The zero-order chi connectivity index (χ0) is 15.6. The number of thiophene rings is 1. The highest BCUT2D eigenvalue weighted by atomic mass is 32.1. The van der Waals surface area contributed by atoms with Crippen molar-refractivity contribution < 1.29 is 4.74 Å². The van der Waals surface area contributed by atoms with Gasteiger partial charge in [0, 0.05) is 5.56 Å². The molecule has 0 aliphatic rings. The first-order valence-electron chi connectivity index (χ1n) is 6.95. The molecule has 4 aromatic rings. The first-order valence-corrected chi connectivity index (χ1v) is 8.65. The minimum Gasteiger partial charge on any atom is -0.490 e. The van der Waals surface area contributed by atoms with Crippen molar-refractivity contribution in [2.75, 3.05) is 6.61 Å². The Morgan fingerprint density at radius 1 is 1.17 bits per heavy atom. The first-order chi connectivity index (χ1) is 11.3. The van der Waals surface area contributed by atoms with Crippen molar-refractivity contribution in [3.8, 4) is 27.0 Å². The Morgan fingerprint density at radius 2 is 2.04 bits per heavy atom. The van der Waals surface area contributed by atoms with Crippen molar-refractivity contribution in [3.05, 3.63) is 54.4 Å². The number of hydrogen-bond acceptors (Lipinski definition) is 6. The summed E-state index contributed by atoms with van der Waals surface area (Å²) in [7, 11) is 0. The van der Waals surface area contributed by atoms with Crippen molar-refractivity contribution in [1.82, 2.24) is 19.8 Å². The molecule has 114 valence electrons. The van der Waals surface area contributed by atoms with Crippen molar-refractivity contribution >= 4 is 27.6 Å². The van der Waals surface area contributed by atoms with Crippen LogP contribution in [0, 0.1) is 0 Å². The van der Waals surface area contributed by atoms with Gasteiger partial charge in [-0.15, -0.1) is 21.5 Å². The summed E-state index contributed by atoms with van der Waals surface area (Å²) in [5.74, 6) is 1.60. The van der Waals surface area contributed by atoms with Crippen LogP contribution in [-0.2, 0) is 0 Å². The van der Waals surface area contributed by atoms with Crippen LogP contribution in [0.5, 0.6) is 5.75 Å². The van der Waals surface area contributed by atoms with Gasteiger partial charge in [-0.3, -0.25) is 0 Å². The standard InChI is InChI=1S/C16H12N4OS2/c1-2-9-21-12-7-5-11(6-8-12)15-19-20-14(13-4-3-10-22-13)17-18-16(20)23-15/h2-8,10H,1,9H2.